The number of aromatic amines is 2. The number of pyridine rings is 4. The number of allylic oxidation sites excluding steroid dienone is 2. The summed E-state index contributed by atoms with van der Waals surface area (Å²) in [6.07, 6.45) is 25.6. The Labute approximate surface area is 532 Å². The summed E-state index contributed by atoms with van der Waals surface area (Å²) in [5.74, 6) is 0.311. The van der Waals surface area contributed by atoms with Gasteiger partial charge in [-0.3, -0.25) is 34.5 Å². The zero-order chi connectivity index (χ0) is 64.0. The molecule has 2 amide bonds. The normalized spacial score (nSPS) is 15.3. The highest BCUT2D eigenvalue weighted by Gasteiger charge is 2.32. The van der Waals surface area contributed by atoms with Gasteiger partial charge in [0.15, 0.2) is 11.6 Å². The van der Waals surface area contributed by atoms with Crippen molar-refractivity contribution in [3.63, 3.8) is 0 Å². The first-order valence-electron chi connectivity index (χ1n) is 31.9. The maximum absolute atomic E-state index is 15.8. The van der Waals surface area contributed by atoms with E-state index in [-0.39, 0.29) is 35.5 Å². The molecule has 22 heteroatoms. The number of carbonyl (C=O) groups excluding carboxylic acids is 2. The highest BCUT2D eigenvalue weighted by Crippen LogP contribution is 2.38. The van der Waals surface area contributed by atoms with Crippen molar-refractivity contribution in [2.75, 3.05) is 73.6 Å². The molecule has 14 rings (SSSR count). The van der Waals surface area contributed by atoms with Crippen LogP contribution in [0.2, 0.25) is 0 Å². The molecule has 92 heavy (non-hydrogen) atoms. The Morgan fingerprint density at radius 2 is 1.16 bits per heavy atom. The van der Waals surface area contributed by atoms with Crippen LogP contribution in [0.3, 0.4) is 0 Å². The smallest absolute Gasteiger partial charge is 0.227 e. The van der Waals surface area contributed by atoms with Gasteiger partial charge in [0.1, 0.15) is 23.0 Å². The third kappa shape index (κ3) is 13.5. The number of fused-ring (bicyclic) bond motifs is 4. The molecule has 4 aliphatic rings. The number of aromatic nitrogens is 10. The molecule has 2 saturated carbocycles. The third-order valence-electron chi connectivity index (χ3n) is 16.8. The van der Waals surface area contributed by atoms with E-state index in [4.69, 9.17) is 20.2 Å². The van der Waals surface area contributed by atoms with Crippen molar-refractivity contribution in [2.24, 2.45) is 16.9 Å². The van der Waals surface area contributed by atoms with Gasteiger partial charge in [-0.2, -0.15) is 9.89 Å². The number of imidazole rings is 2. The molecule has 8 heterocycles. The number of hydrazone groups is 1. The zero-order valence-corrected chi connectivity index (χ0v) is 52.8. The van der Waals surface area contributed by atoms with E-state index in [2.05, 4.69) is 73.6 Å². The van der Waals surface area contributed by atoms with Crippen LogP contribution in [-0.2, 0) is 9.59 Å². The molecule has 1 atom stereocenters. The number of hydrogen-bond donors (Lipinski definition) is 7. The van der Waals surface area contributed by atoms with E-state index in [9.17, 15) is 9.59 Å². The number of likely N-dealkylation sites (N-methyl/N-ethyl adjacent to an activating group) is 2. The monoisotopic (exact) mass is 1240 g/mol. The van der Waals surface area contributed by atoms with E-state index >= 15 is 8.78 Å². The van der Waals surface area contributed by atoms with Crippen LogP contribution in [0.25, 0.3) is 83.4 Å². The lowest BCUT2D eigenvalue weighted by Crippen LogP contribution is -2.35. The van der Waals surface area contributed by atoms with Crippen molar-refractivity contribution in [3.8, 4) is 44.9 Å². The highest BCUT2D eigenvalue weighted by atomic mass is 19.1. The number of amides is 2. The Kier molecular flexibility index (Phi) is 18.5. The predicted molar refractivity (Wildman–Crippen MR) is 363 cm³/mol. The molecule has 7 aromatic heterocycles. The maximum atomic E-state index is 15.8. The van der Waals surface area contributed by atoms with E-state index in [0.29, 0.717) is 116 Å². The van der Waals surface area contributed by atoms with Gasteiger partial charge in [-0.1, -0.05) is 59.1 Å². The lowest BCUT2D eigenvalue weighted by molar-refractivity contribution is -0.120. The Morgan fingerprint density at radius 1 is 0.598 bits per heavy atom. The number of nitrogens with one attached hydrogen (secondary N) is 7. The Bertz CT molecular complexity index is 4460. The zero-order valence-electron chi connectivity index (χ0n) is 52.8. The summed E-state index contributed by atoms with van der Waals surface area (Å²) < 4.78 is 31.1. The number of benzene rings is 3. The number of carbonyl (C=O) groups is 2. The van der Waals surface area contributed by atoms with Gasteiger partial charge in [0.2, 0.25) is 11.8 Å². The van der Waals surface area contributed by atoms with E-state index in [1.807, 2.05) is 107 Å². The maximum Gasteiger partial charge on any atom is 0.227 e. The summed E-state index contributed by atoms with van der Waals surface area (Å²) in [7, 11) is 5.90. The van der Waals surface area contributed by atoms with Crippen LogP contribution in [0, 0.1) is 23.5 Å². The van der Waals surface area contributed by atoms with Crippen molar-refractivity contribution >= 4 is 78.8 Å². The average Bonchev–Trinajstić information content (AvgIpc) is 1.61. The molecular formula is C70H76F2N18O2. The van der Waals surface area contributed by atoms with Crippen molar-refractivity contribution < 1.29 is 18.4 Å². The van der Waals surface area contributed by atoms with Gasteiger partial charge in [0.05, 0.1) is 76.3 Å². The molecule has 1 aliphatic heterocycles. The number of anilines is 4. The lowest BCUT2D eigenvalue weighted by Gasteiger charge is -2.21. The molecule has 472 valence electrons. The molecule has 3 aliphatic carbocycles. The summed E-state index contributed by atoms with van der Waals surface area (Å²) in [4.78, 5) is 65.0. The van der Waals surface area contributed by atoms with Crippen LogP contribution in [0.5, 0.6) is 0 Å². The van der Waals surface area contributed by atoms with Crippen LogP contribution >= 0.6 is 0 Å². The standard InChI is InChI=1S/C66H64F2N18O2.2C2H6/c1-84(2)17-15-73-47-21-41(19-45(67)27-47)54-34-72-36-57-60(54)80-64(78-57)62-52-26-40(44-24-50(32-70-30-44)76-66(88)38-9-10-38)12-14-58(52)86(83-62)85(3)18-16-74-48-22-42(20-46(68)28-48)53-33-71-35-56-59(53)79-63(77-56)61-51-25-39(11-13-55(51)81-82-61)43-23-49(31-69-29-43)75-65(87)37-7-5-4-6-8-37;2*1-2/h11-12,14,19-38,55,73-74,81H,4-10,13,15-18H2,1-3H3,(H,75,87)(H,76,88)(H,77,79)(H,78,80);2*1-2H3. The van der Waals surface area contributed by atoms with Gasteiger partial charge >= 0.3 is 0 Å². The molecule has 0 spiro atoms. The van der Waals surface area contributed by atoms with Gasteiger partial charge in [-0.15, -0.1) is 5.10 Å². The number of halogens is 2. The van der Waals surface area contributed by atoms with Crippen LogP contribution in [-0.4, -0.2) is 126 Å². The number of nitrogens with zero attached hydrogens (tertiary/aromatic N) is 11. The lowest BCUT2D eigenvalue weighted by atomic mass is 9.88. The fourth-order valence-electron chi connectivity index (χ4n) is 12.0. The van der Waals surface area contributed by atoms with E-state index in [1.165, 1.54) is 30.7 Å². The van der Waals surface area contributed by atoms with Gasteiger partial charge < -0.3 is 41.6 Å². The second kappa shape index (κ2) is 27.5. The molecule has 0 radical (unpaired) electrons. The minimum atomic E-state index is -0.435. The first kappa shape index (κ1) is 62.0. The van der Waals surface area contributed by atoms with Crippen LogP contribution < -0.4 is 31.7 Å². The minimum absolute atomic E-state index is 0.00625. The summed E-state index contributed by atoms with van der Waals surface area (Å²) in [5.41, 5.74) is 17.3. The van der Waals surface area contributed by atoms with Gasteiger partial charge in [-0.25, -0.2) is 18.7 Å². The van der Waals surface area contributed by atoms with E-state index in [1.54, 1.807) is 43.4 Å². The largest absolute Gasteiger partial charge is 0.384 e. The first-order chi connectivity index (χ1) is 44.9. The quantitative estimate of drug-likeness (QED) is 0.0399. The summed E-state index contributed by atoms with van der Waals surface area (Å²) >= 11 is 0. The first-order valence-corrected chi connectivity index (χ1v) is 31.9. The van der Waals surface area contributed by atoms with Crippen molar-refractivity contribution in [2.45, 2.75) is 85.1 Å². The van der Waals surface area contributed by atoms with Crippen molar-refractivity contribution in [1.82, 2.24) is 60.1 Å². The molecule has 1 unspecified atom stereocenters. The molecule has 0 saturated heterocycles. The van der Waals surface area contributed by atoms with Crippen LogP contribution in [0.15, 0.2) is 139 Å². The second-order valence-corrected chi connectivity index (χ2v) is 23.5. The highest BCUT2D eigenvalue weighted by molar-refractivity contribution is 6.15. The Morgan fingerprint density at radius 3 is 1.79 bits per heavy atom. The fraction of sp³-hybridized carbons (Fsp3) is 0.314. The minimum Gasteiger partial charge on any atom is -0.384 e. The molecule has 3 aromatic carbocycles. The predicted octanol–water partition coefficient (Wildman–Crippen LogP) is 13.0. The van der Waals surface area contributed by atoms with Gasteiger partial charge in [-0.05, 0) is 135 Å². The summed E-state index contributed by atoms with van der Waals surface area (Å²) in [6.45, 7) is 10.2. The Balaban J connectivity index is 0.00000200. The molecule has 2 fully saturated rings. The third-order valence-corrected chi connectivity index (χ3v) is 16.8. The van der Waals surface area contributed by atoms with Crippen LogP contribution in [0.4, 0.5) is 31.5 Å². The molecule has 7 N–H and O–H groups in total. The number of H-pyrrole nitrogens is 2. The molecule has 0 bridgehead atoms. The fourth-order valence-corrected chi connectivity index (χ4v) is 12.0. The topological polar surface area (TPSA) is 240 Å². The molecule has 10 aromatic rings. The average molecular weight is 1240 g/mol. The van der Waals surface area contributed by atoms with Crippen LogP contribution in [0.1, 0.15) is 90.4 Å². The van der Waals surface area contributed by atoms with E-state index in [0.717, 1.165) is 83.8 Å². The SMILES string of the molecule is CC.CC.CN(C)CCNc1cc(F)cc(-c2cncc3[nH]c(-c4nn(N(C)CCNc5cc(F)cc(-c6cncc7[nH]c(C8=NNC9CC=C(c%10cncc(NC(=O)C%11CCCCC%11)c%10)C=C89)nc67)c5)c5ccc(-c6cncc(NC(=O)C7CC7)c6)cc45)nc23)c1. The Hall–Kier alpha value is -10.2. The van der Waals surface area contributed by atoms with Gasteiger partial charge in [0, 0.05) is 108 Å². The number of rotatable bonds is 19. The van der Waals surface area contributed by atoms with Gasteiger partial charge in [0.25, 0.3) is 0 Å². The second-order valence-electron chi connectivity index (χ2n) is 23.5. The van der Waals surface area contributed by atoms with E-state index < -0.39 is 5.82 Å². The number of hydrogen-bond acceptors (Lipinski definition) is 15. The molecule has 20 nitrogen and oxygen atoms in total. The van der Waals surface area contributed by atoms with Crippen molar-refractivity contribution in [1.29, 1.82) is 0 Å². The summed E-state index contributed by atoms with van der Waals surface area (Å²) in [5, 5.41) is 25.6. The summed E-state index contributed by atoms with van der Waals surface area (Å²) in [6, 6.07) is 19.6. The molecular weight excluding hydrogens is 1160 g/mol. The van der Waals surface area contributed by atoms with Crippen molar-refractivity contribution in [3.05, 3.63) is 157 Å².